The van der Waals surface area contributed by atoms with Crippen LogP contribution in [0.4, 0.5) is 5.95 Å². The topological polar surface area (TPSA) is 75.2 Å². The first-order valence-electron chi connectivity index (χ1n) is 5.60. The number of anilines is 1. The highest BCUT2D eigenvalue weighted by molar-refractivity contribution is 14.1. The minimum absolute atomic E-state index is 0.499. The molecule has 0 amide bonds. The zero-order chi connectivity index (χ0) is 13.6. The van der Waals surface area contributed by atoms with E-state index in [1.807, 2.05) is 6.92 Å². The summed E-state index contributed by atoms with van der Waals surface area (Å²) in [5.41, 5.74) is 0. The number of halogens is 1. The predicted octanol–water partition coefficient (Wildman–Crippen LogP) is 1.16. The lowest BCUT2D eigenvalue weighted by Gasteiger charge is -2.17. The van der Waals surface area contributed by atoms with Crippen LogP contribution in [-0.4, -0.2) is 48.6 Å². The summed E-state index contributed by atoms with van der Waals surface area (Å²) in [5, 5.41) is 3.06. The number of rotatable bonds is 7. The Labute approximate surface area is 121 Å². The number of sulfonamides is 1. The van der Waals surface area contributed by atoms with Crippen LogP contribution in [0.1, 0.15) is 13.3 Å². The fraction of sp³-hybridized carbons (Fsp3) is 0.600. The van der Waals surface area contributed by atoms with E-state index in [4.69, 9.17) is 0 Å². The minimum Gasteiger partial charge on any atom is -0.354 e. The molecule has 0 fully saturated rings. The van der Waals surface area contributed by atoms with Crippen molar-refractivity contribution in [3.63, 3.8) is 0 Å². The summed E-state index contributed by atoms with van der Waals surface area (Å²) in [7, 11) is -3.09. The molecule has 0 radical (unpaired) electrons. The van der Waals surface area contributed by atoms with Gasteiger partial charge in [-0.1, -0.05) is 6.92 Å². The molecule has 0 aliphatic carbocycles. The van der Waals surface area contributed by atoms with Crippen LogP contribution in [0.15, 0.2) is 12.4 Å². The van der Waals surface area contributed by atoms with Gasteiger partial charge in [0, 0.05) is 35.6 Å². The van der Waals surface area contributed by atoms with Crippen molar-refractivity contribution in [2.24, 2.45) is 0 Å². The maximum absolute atomic E-state index is 11.3. The fourth-order valence-electron chi connectivity index (χ4n) is 1.42. The van der Waals surface area contributed by atoms with Gasteiger partial charge in [0.25, 0.3) is 0 Å². The van der Waals surface area contributed by atoms with Crippen molar-refractivity contribution in [3.8, 4) is 0 Å². The summed E-state index contributed by atoms with van der Waals surface area (Å²) in [4.78, 5) is 8.20. The predicted molar refractivity (Wildman–Crippen MR) is 79.9 cm³/mol. The van der Waals surface area contributed by atoms with Crippen molar-refractivity contribution < 1.29 is 8.42 Å². The van der Waals surface area contributed by atoms with Crippen molar-refractivity contribution >= 4 is 38.6 Å². The Kier molecular flexibility index (Phi) is 6.22. The van der Waals surface area contributed by atoms with Gasteiger partial charge in [-0.2, -0.15) is 0 Å². The van der Waals surface area contributed by atoms with Gasteiger partial charge in [-0.25, -0.2) is 22.7 Å². The van der Waals surface area contributed by atoms with E-state index in [2.05, 4.69) is 37.9 Å². The first kappa shape index (κ1) is 15.6. The molecule has 0 spiro atoms. The van der Waals surface area contributed by atoms with Gasteiger partial charge in [-0.15, -0.1) is 0 Å². The first-order chi connectivity index (χ1) is 8.43. The third-order valence-corrected chi connectivity index (χ3v) is 4.25. The molecule has 1 aromatic rings. The Balaban J connectivity index is 2.32. The van der Waals surface area contributed by atoms with Crippen molar-refractivity contribution in [2.45, 2.75) is 13.3 Å². The molecule has 1 N–H and O–H groups in total. The van der Waals surface area contributed by atoms with Gasteiger partial charge in [0.2, 0.25) is 16.0 Å². The summed E-state index contributed by atoms with van der Waals surface area (Å²) in [6.45, 7) is 3.48. The number of nitrogens with one attached hydrogen (secondary N) is 1. The van der Waals surface area contributed by atoms with Gasteiger partial charge in [0.1, 0.15) is 0 Å². The number of hydrogen-bond donors (Lipinski definition) is 1. The molecule has 1 aromatic heterocycles. The average Bonchev–Trinajstić information content (AvgIpc) is 2.30. The van der Waals surface area contributed by atoms with Crippen molar-refractivity contribution in [1.29, 1.82) is 0 Å². The van der Waals surface area contributed by atoms with Gasteiger partial charge in [0.05, 0.1) is 6.26 Å². The van der Waals surface area contributed by atoms with E-state index in [0.29, 0.717) is 25.6 Å². The highest BCUT2D eigenvalue weighted by Crippen LogP contribution is 2.03. The number of aromatic nitrogens is 2. The van der Waals surface area contributed by atoms with Gasteiger partial charge in [-0.3, -0.25) is 0 Å². The van der Waals surface area contributed by atoms with E-state index < -0.39 is 10.0 Å². The standard InChI is InChI=1S/C10H17IN4O2S/c1-3-15(18(2,16)17)6-4-5-12-10-13-7-9(11)8-14-10/h7-8H,3-6H2,1-2H3,(H,12,13,14). The molecule has 0 atom stereocenters. The SMILES string of the molecule is CCN(CCCNc1ncc(I)cn1)S(C)(=O)=O. The molecule has 0 saturated heterocycles. The molecule has 6 nitrogen and oxygen atoms in total. The lowest BCUT2D eigenvalue weighted by atomic mass is 10.4. The zero-order valence-corrected chi connectivity index (χ0v) is 13.4. The first-order valence-corrected chi connectivity index (χ1v) is 8.52. The second-order valence-corrected chi connectivity index (χ2v) is 6.99. The summed E-state index contributed by atoms with van der Waals surface area (Å²) in [6, 6.07) is 0. The zero-order valence-electron chi connectivity index (χ0n) is 10.4. The van der Waals surface area contributed by atoms with E-state index in [1.165, 1.54) is 10.6 Å². The third kappa shape index (κ3) is 5.44. The molecule has 0 aliphatic heterocycles. The molecule has 0 saturated carbocycles. The Morgan fingerprint density at radius 1 is 1.39 bits per heavy atom. The minimum atomic E-state index is -3.09. The Morgan fingerprint density at radius 3 is 2.50 bits per heavy atom. The largest absolute Gasteiger partial charge is 0.354 e. The normalized spacial score (nSPS) is 11.8. The lowest BCUT2D eigenvalue weighted by Crippen LogP contribution is -2.31. The van der Waals surface area contributed by atoms with Gasteiger partial charge < -0.3 is 5.32 Å². The summed E-state index contributed by atoms with van der Waals surface area (Å²) in [5.74, 6) is 0.567. The maximum Gasteiger partial charge on any atom is 0.222 e. The van der Waals surface area contributed by atoms with Crippen LogP contribution in [0.3, 0.4) is 0 Å². The fourth-order valence-corrected chi connectivity index (χ4v) is 2.63. The maximum atomic E-state index is 11.3. The Bertz CT molecular complexity index is 463. The summed E-state index contributed by atoms with van der Waals surface area (Å²) in [6.07, 6.45) is 5.40. The van der Waals surface area contributed by atoms with Crippen LogP contribution < -0.4 is 5.32 Å². The van der Waals surface area contributed by atoms with Crippen LogP contribution in [-0.2, 0) is 10.0 Å². The third-order valence-electron chi connectivity index (χ3n) is 2.31. The monoisotopic (exact) mass is 384 g/mol. The van der Waals surface area contributed by atoms with Crippen LogP contribution in [0, 0.1) is 3.57 Å². The van der Waals surface area contributed by atoms with E-state index in [9.17, 15) is 8.42 Å². The van der Waals surface area contributed by atoms with Crippen molar-refractivity contribution in [3.05, 3.63) is 16.0 Å². The van der Waals surface area contributed by atoms with Crippen molar-refractivity contribution in [1.82, 2.24) is 14.3 Å². The van der Waals surface area contributed by atoms with Gasteiger partial charge in [-0.05, 0) is 29.0 Å². The van der Waals surface area contributed by atoms with Crippen molar-refractivity contribution in [2.75, 3.05) is 31.2 Å². The van der Waals surface area contributed by atoms with Crippen LogP contribution in [0.5, 0.6) is 0 Å². The highest BCUT2D eigenvalue weighted by atomic mass is 127. The van der Waals surface area contributed by atoms with Gasteiger partial charge >= 0.3 is 0 Å². The van der Waals surface area contributed by atoms with E-state index in [0.717, 1.165) is 9.99 Å². The van der Waals surface area contributed by atoms with E-state index >= 15 is 0 Å². The molecule has 102 valence electrons. The Morgan fingerprint density at radius 2 is 2.00 bits per heavy atom. The van der Waals surface area contributed by atoms with E-state index in [-0.39, 0.29) is 0 Å². The molecule has 0 aliphatic rings. The van der Waals surface area contributed by atoms with E-state index in [1.54, 1.807) is 12.4 Å². The molecule has 18 heavy (non-hydrogen) atoms. The molecule has 0 bridgehead atoms. The van der Waals surface area contributed by atoms with Crippen LogP contribution >= 0.6 is 22.6 Å². The van der Waals surface area contributed by atoms with Gasteiger partial charge in [0.15, 0.2) is 0 Å². The molecule has 1 heterocycles. The molecular weight excluding hydrogens is 367 g/mol. The average molecular weight is 384 g/mol. The molecule has 0 aromatic carbocycles. The molecular formula is C10H17IN4O2S. The summed E-state index contributed by atoms with van der Waals surface area (Å²) < 4.78 is 25.1. The molecule has 0 unspecified atom stereocenters. The highest BCUT2D eigenvalue weighted by Gasteiger charge is 2.12. The number of hydrogen-bond acceptors (Lipinski definition) is 5. The summed E-state index contributed by atoms with van der Waals surface area (Å²) >= 11 is 2.14. The molecule has 1 rings (SSSR count). The number of nitrogens with zero attached hydrogens (tertiary/aromatic N) is 3. The van der Waals surface area contributed by atoms with Crippen LogP contribution in [0.25, 0.3) is 0 Å². The lowest BCUT2D eigenvalue weighted by molar-refractivity contribution is 0.428. The smallest absolute Gasteiger partial charge is 0.222 e. The second-order valence-electron chi connectivity index (χ2n) is 3.76. The Hall–Kier alpha value is -0.480. The molecule has 8 heteroatoms. The quantitative estimate of drug-likeness (QED) is 0.564. The van der Waals surface area contributed by atoms with Crippen LogP contribution in [0.2, 0.25) is 0 Å². The second kappa shape index (κ2) is 7.19.